The summed E-state index contributed by atoms with van der Waals surface area (Å²) < 4.78 is 1.46. The molecule has 0 bridgehead atoms. The van der Waals surface area contributed by atoms with Crippen molar-refractivity contribution in [3.05, 3.63) is 11.5 Å². The smallest absolute Gasteiger partial charge is 0.223 e. The van der Waals surface area contributed by atoms with Gasteiger partial charge in [0.05, 0.1) is 6.33 Å². The highest BCUT2D eigenvalue weighted by Gasteiger charge is 2.12. The van der Waals surface area contributed by atoms with Crippen LogP contribution in [0.25, 0.3) is 11.2 Å². The van der Waals surface area contributed by atoms with Crippen molar-refractivity contribution in [3.8, 4) is 0 Å². The number of aromatic nitrogens is 4. The van der Waals surface area contributed by atoms with Crippen LogP contribution in [0.15, 0.2) is 6.33 Å². The number of halogens is 1. The second-order valence-electron chi connectivity index (χ2n) is 2.83. The van der Waals surface area contributed by atoms with Crippen molar-refractivity contribution >= 4 is 28.7 Å². The lowest BCUT2D eigenvalue weighted by Gasteiger charge is -2.05. The fraction of sp³-hybridized carbons (Fsp3) is 0.286. The van der Waals surface area contributed by atoms with Crippen molar-refractivity contribution in [2.24, 2.45) is 0 Å². The van der Waals surface area contributed by atoms with Crippen LogP contribution in [-0.2, 0) is 0 Å². The highest BCUT2D eigenvalue weighted by molar-refractivity contribution is 6.33. The summed E-state index contributed by atoms with van der Waals surface area (Å²) >= 11 is 5.79. The lowest BCUT2D eigenvalue weighted by molar-refractivity contribution is 0.128. The maximum atomic E-state index is 9.37. The van der Waals surface area contributed by atoms with E-state index in [0.29, 0.717) is 11.2 Å². The largest absolute Gasteiger partial charge is 0.373 e. The monoisotopic (exact) mass is 213 g/mol. The number of nitrogens with two attached hydrogens (primary N) is 1. The van der Waals surface area contributed by atoms with Crippen molar-refractivity contribution in [1.29, 1.82) is 0 Å². The van der Waals surface area contributed by atoms with Crippen LogP contribution in [0, 0.1) is 0 Å². The van der Waals surface area contributed by atoms with Gasteiger partial charge in [-0.3, -0.25) is 4.57 Å². The molecule has 0 aliphatic carbocycles. The highest BCUT2D eigenvalue weighted by atomic mass is 35.5. The molecule has 2 aromatic heterocycles. The molecular formula is C7H8ClN5O. The number of aliphatic hydroxyl groups is 1. The summed E-state index contributed by atoms with van der Waals surface area (Å²) in [6, 6.07) is 0. The van der Waals surface area contributed by atoms with Gasteiger partial charge in [0.25, 0.3) is 0 Å². The van der Waals surface area contributed by atoms with Gasteiger partial charge in [-0.2, -0.15) is 9.97 Å². The van der Waals surface area contributed by atoms with Gasteiger partial charge < -0.3 is 10.8 Å². The fourth-order valence-electron chi connectivity index (χ4n) is 1.17. The Kier molecular flexibility index (Phi) is 2.01. The van der Waals surface area contributed by atoms with E-state index in [2.05, 4.69) is 15.0 Å². The zero-order valence-electron chi connectivity index (χ0n) is 7.35. The van der Waals surface area contributed by atoms with Crippen LogP contribution >= 0.6 is 11.6 Å². The van der Waals surface area contributed by atoms with Crippen LogP contribution < -0.4 is 5.73 Å². The average Bonchev–Trinajstić information content (AvgIpc) is 2.47. The third kappa shape index (κ3) is 1.28. The second-order valence-corrected chi connectivity index (χ2v) is 3.19. The van der Waals surface area contributed by atoms with Gasteiger partial charge in [0.15, 0.2) is 10.8 Å². The minimum atomic E-state index is -0.731. The van der Waals surface area contributed by atoms with Crippen LogP contribution in [-0.4, -0.2) is 24.6 Å². The summed E-state index contributed by atoms with van der Waals surface area (Å²) in [5.41, 5.74) is 6.28. The molecule has 7 heteroatoms. The van der Waals surface area contributed by atoms with Crippen molar-refractivity contribution in [1.82, 2.24) is 19.5 Å². The summed E-state index contributed by atoms with van der Waals surface area (Å²) in [5, 5.41) is 9.56. The summed E-state index contributed by atoms with van der Waals surface area (Å²) in [7, 11) is 0. The number of nitrogen functional groups attached to an aromatic ring is 1. The van der Waals surface area contributed by atoms with E-state index in [1.165, 1.54) is 10.9 Å². The molecule has 14 heavy (non-hydrogen) atoms. The van der Waals surface area contributed by atoms with E-state index in [4.69, 9.17) is 17.3 Å². The molecule has 0 amide bonds. The quantitative estimate of drug-likeness (QED) is 0.676. The molecule has 0 aromatic carbocycles. The normalized spacial score (nSPS) is 13.4. The number of hydrogen-bond donors (Lipinski definition) is 2. The molecule has 0 fully saturated rings. The van der Waals surface area contributed by atoms with Gasteiger partial charge in [0.1, 0.15) is 11.7 Å². The van der Waals surface area contributed by atoms with Crippen LogP contribution in [0.3, 0.4) is 0 Å². The molecular weight excluding hydrogens is 206 g/mol. The second kappa shape index (κ2) is 3.07. The van der Waals surface area contributed by atoms with E-state index < -0.39 is 6.23 Å². The first-order chi connectivity index (χ1) is 6.59. The van der Waals surface area contributed by atoms with E-state index >= 15 is 0 Å². The Bertz CT molecular complexity index is 480. The topological polar surface area (TPSA) is 89.8 Å². The number of fused-ring (bicyclic) bond motifs is 1. The molecule has 3 N–H and O–H groups in total. The molecule has 74 valence electrons. The molecule has 2 heterocycles. The third-order valence-corrected chi connectivity index (χ3v) is 2.06. The first-order valence-corrected chi connectivity index (χ1v) is 4.31. The van der Waals surface area contributed by atoms with E-state index in [9.17, 15) is 5.11 Å². The molecule has 6 nitrogen and oxygen atoms in total. The van der Waals surface area contributed by atoms with E-state index in [1.807, 2.05) is 0 Å². The van der Waals surface area contributed by atoms with Crippen LogP contribution in [0.1, 0.15) is 13.2 Å². The number of imidazole rings is 1. The predicted octanol–water partition coefficient (Wildman–Crippen LogP) is 0.573. The van der Waals surface area contributed by atoms with Gasteiger partial charge in [-0.05, 0) is 6.92 Å². The summed E-state index contributed by atoms with van der Waals surface area (Å²) in [6.07, 6.45) is 0.709. The van der Waals surface area contributed by atoms with E-state index in [-0.39, 0.29) is 11.1 Å². The van der Waals surface area contributed by atoms with Crippen molar-refractivity contribution in [3.63, 3.8) is 0 Å². The van der Waals surface area contributed by atoms with Gasteiger partial charge >= 0.3 is 0 Å². The molecule has 0 aliphatic rings. The van der Waals surface area contributed by atoms with Gasteiger partial charge in [0, 0.05) is 0 Å². The summed E-state index contributed by atoms with van der Waals surface area (Å²) in [6.45, 7) is 1.59. The van der Waals surface area contributed by atoms with E-state index in [1.54, 1.807) is 6.92 Å². The Morgan fingerprint density at radius 1 is 1.57 bits per heavy atom. The number of hydrogen-bond acceptors (Lipinski definition) is 5. The van der Waals surface area contributed by atoms with Crippen molar-refractivity contribution in [2.45, 2.75) is 13.2 Å². The first-order valence-electron chi connectivity index (χ1n) is 3.93. The minimum absolute atomic E-state index is 0.0601. The highest BCUT2D eigenvalue weighted by Crippen LogP contribution is 2.21. The number of rotatable bonds is 1. The van der Waals surface area contributed by atoms with Gasteiger partial charge in [-0.1, -0.05) is 11.6 Å². The Hall–Kier alpha value is -1.40. The Morgan fingerprint density at radius 2 is 2.29 bits per heavy atom. The Labute approximate surface area is 84.4 Å². The fourth-order valence-corrected chi connectivity index (χ4v) is 1.39. The van der Waals surface area contributed by atoms with Crippen LogP contribution in [0.2, 0.25) is 5.15 Å². The molecule has 0 radical (unpaired) electrons. The third-order valence-electron chi connectivity index (χ3n) is 1.80. The van der Waals surface area contributed by atoms with Gasteiger partial charge in [-0.15, -0.1) is 0 Å². The SMILES string of the molecule is CC(O)n1cnc2c(Cl)nc(N)nc21. The van der Waals surface area contributed by atoms with E-state index in [0.717, 1.165) is 0 Å². The maximum Gasteiger partial charge on any atom is 0.223 e. The summed E-state index contributed by atoms with van der Waals surface area (Å²) in [5.74, 6) is 0.0601. The standard InChI is InChI=1S/C7H8ClN5O/c1-3(14)13-2-10-4-5(8)11-7(9)12-6(4)13/h2-3,14H,1H3,(H2,9,11,12). The molecule has 1 atom stereocenters. The molecule has 1 unspecified atom stereocenters. The lowest BCUT2D eigenvalue weighted by atomic mass is 10.5. The average molecular weight is 214 g/mol. The molecule has 0 aliphatic heterocycles. The number of aliphatic hydroxyl groups excluding tert-OH is 1. The molecule has 0 saturated heterocycles. The first kappa shape index (κ1) is 9.17. The molecule has 2 aromatic rings. The maximum absolute atomic E-state index is 9.37. The zero-order valence-corrected chi connectivity index (χ0v) is 8.10. The van der Waals surface area contributed by atoms with Crippen LogP contribution in [0.5, 0.6) is 0 Å². The molecule has 0 spiro atoms. The Morgan fingerprint density at radius 3 is 2.93 bits per heavy atom. The van der Waals surface area contributed by atoms with Crippen molar-refractivity contribution in [2.75, 3.05) is 5.73 Å². The Balaban J connectivity index is 2.78. The molecule has 0 saturated carbocycles. The minimum Gasteiger partial charge on any atom is -0.373 e. The van der Waals surface area contributed by atoms with Gasteiger partial charge in [0.2, 0.25) is 5.95 Å². The number of nitrogens with zero attached hydrogens (tertiary/aromatic N) is 4. The number of anilines is 1. The van der Waals surface area contributed by atoms with Gasteiger partial charge in [-0.25, -0.2) is 4.98 Å². The predicted molar refractivity (Wildman–Crippen MR) is 51.7 cm³/mol. The molecule has 2 rings (SSSR count). The van der Waals surface area contributed by atoms with Crippen molar-refractivity contribution < 1.29 is 5.11 Å². The summed E-state index contributed by atoms with van der Waals surface area (Å²) in [4.78, 5) is 11.7. The zero-order chi connectivity index (χ0) is 10.3. The lowest BCUT2D eigenvalue weighted by Crippen LogP contribution is -2.04. The van der Waals surface area contributed by atoms with Crippen LogP contribution in [0.4, 0.5) is 5.95 Å².